The van der Waals surface area contributed by atoms with Crippen molar-refractivity contribution < 1.29 is 0 Å². The van der Waals surface area contributed by atoms with Gasteiger partial charge in [0.25, 0.3) is 0 Å². The molecule has 2 nitrogen and oxygen atoms in total. The van der Waals surface area contributed by atoms with Gasteiger partial charge in [-0.1, -0.05) is 36.8 Å². The largest absolute Gasteiger partial charge is 0.298 e. The van der Waals surface area contributed by atoms with Crippen LogP contribution in [0.15, 0.2) is 30.3 Å². The highest BCUT2D eigenvalue weighted by molar-refractivity contribution is 5.19. The van der Waals surface area contributed by atoms with Gasteiger partial charge in [0.1, 0.15) is 0 Å². The maximum Gasteiger partial charge on any atom is 0.0250 e. The SMILES string of the molecule is CC(C)(C)N1CCC2(CC1)CCC(Cc1ccccc1)(N1CCCCC1)CC2. The van der Waals surface area contributed by atoms with E-state index in [1.54, 1.807) is 5.56 Å². The highest BCUT2D eigenvalue weighted by atomic mass is 15.2. The minimum atomic E-state index is 0.334. The molecule has 2 heterocycles. The summed E-state index contributed by atoms with van der Waals surface area (Å²) in [5, 5.41) is 0. The second kappa shape index (κ2) is 8.11. The zero-order valence-electron chi connectivity index (χ0n) is 18.7. The summed E-state index contributed by atoms with van der Waals surface area (Å²) in [6, 6.07) is 11.3. The van der Waals surface area contributed by atoms with Crippen molar-refractivity contribution in [1.82, 2.24) is 9.80 Å². The second-order valence-electron chi connectivity index (χ2n) is 11.1. The quantitative estimate of drug-likeness (QED) is 0.641. The molecule has 0 N–H and O–H groups in total. The molecule has 2 heteroatoms. The summed E-state index contributed by atoms with van der Waals surface area (Å²) in [6.07, 6.45) is 14.1. The van der Waals surface area contributed by atoms with Crippen molar-refractivity contribution in [2.45, 2.75) is 96.1 Å². The average molecular weight is 383 g/mol. The van der Waals surface area contributed by atoms with E-state index in [4.69, 9.17) is 0 Å². The number of hydrogen-bond donors (Lipinski definition) is 0. The molecular formula is C26H42N2. The van der Waals surface area contributed by atoms with Crippen molar-refractivity contribution in [3.63, 3.8) is 0 Å². The van der Waals surface area contributed by atoms with Crippen molar-refractivity contribution in [2.24, 2.45) is 5.41 Å². The van der Waals surface area contributed by atoms with Gasteiger partial charge in [-0.15, -0.1) is 0 Å². The van der Waals surface area contributed by atoms with E-state index in [-0.39, 0.29) is 0 Å². The predicted molar refractivity (Wildman–Crippen MR) is 120 cm³/mol. The molecule has 2 aliphatic heterocycles. The van der Waals surface area contributed by atoms with Gasteiger partial charge in [0.15, 0.2) is 0 Å². The summed E-state index contributed by atoms with van der Waals surface area (Å²) in [5.74, 6) is 0. The van der Waals surface area contributed by atoms with Gasteiger partial charge in [-0.05, 0) is 116 Å². The third kappa shape index (κ3) is 4.33. The predicted octanol–water partition coefficient (Wildman–Crippen LogP) is 5.91. The van der Waals surface area contributed by atoms with Crippen LogP contribution in [0.3, 0.4) is 0 Å². The molecule has 0 amide bonds. The molecule has 4 rings (SSSR count). The Labute approximate surface area is 173 Å². The van der Waals surface area contributed by atoms with Crippen LogP contribution in [0.4, 0.5) is 0 Å². The Bertz CT molecular complexity index is 606. The third-order valence-corrected chi connectivity index (χ3v) is 8.42. The van der Waals surface area contributed by atoms with Gasteiger partial charge in [0.2, 0.25) is 0 Å². The molecule has 2 saturated heterocycles. The summed E-state index contributed by atoms with van der Waals surface area (Å²) in [6.45, 7) is 12.4. The van der Waals surface area contributed by atoms with Gasteiger partial charge >= 0.3 is 0 Å². The molecule has 156 valence electrons. The lowest BCUT2D eigenvalue weighted by atomic mass is 9.61. The van der Waals surface area contributed by atoms with Crippen molar-refractivity contribution in [3.05, 3.63) is 35.9 Å². The Morgan fingerprint density at radius 2 is 1.36 bits per heavy atom. The third-order valence-electron chi connectivity index (χ3n) is 8.42. The summed E-state index contributed by atoms with van der Waals surface area (Å²) >= 11 is 0. The Hall–Kier alpha value is -0.860. The molecule has 1 aromatic rings. The summed E-state index contributed by atoms with van der Waals surface area (Å²) in [7, 11) is 0. The lowest BCUT2D eigenvalue weighted by molar-refractivity contribution is -0.0379. The fourth-order valence-corrected chi connectivity index (χ4v) is 6.35. The monoisotopic (exact) mass is 382 g/mol. The van der Waals surface area contributed by atoms with Gasteiger partial charge < -0.3 is 0 Å². The van der Waals surface area contributed by atoms with Gasteiger partial charge in [0.05, 0.1) is 0 Å². The molecule has 3 aliphatic rings. The van der Waals surface area contributed by atoms with Crippen LogP contribution in [0.1, 0.15) is 84.1 Å². The molecule has 1 aromatic carbocycles. The van der Waals surface area contributed by atoms with Crippen molar-refractivity contribution >= 4 is 0 Å². The summed E-state index contributed by atoms with van der Waals surface area (Å²) < 4.78 is 0. The van der Waals surface area contributed by atoms with Gasteiger partial charge in [-0.25, -0.2) is 0 Å². The Kier molecular flexibility index (Phi) is 5.91. The number of hydrogen-bond acceptors (Lipinski definition) is 2. The smallest absolute Gasteiger partial charge is 0.0250 e. The van der Waals surface area contributed by atoms with E-state index in [9.17, 15) is 0 Å². The van der Waals surface area contributed by atoms with Crippen LogP contribution in [0, 0.1) is 5.41 Å². The van der Waals surface area contributed by atoms with Crippen LogP contribution in [0.5, 0.6) is 0 Å². The van der Waals surface area contributed by atoms with E-state index >= 15 is 0 Å². The highest BCUT2D eigenvalue weighted by Crippen LogP contribution is 2.51. The zero-order valence-corrected chi connectivity index (χ0v) is 18.7. The van der Waals surface area contributed by atoms with Crippen LogP contribution in [0.2, 0.25) is 0 Å². The minimum Gasteiger partial charge on any atom is -0.298 e. The standard InChI is InChI=1S/C26H42N2/c1-24(2,3)27-20-16-25(17-21-27)12-14-26(15-13-25,28-18-8-5-9-19-28)22-23-10-6-4-7-11-23/h4,6-7,10-11H,5,8-9,12-22H2,1-3H3. The fraction of sp³-hybridized carbons (Fsp3) is 0.769. The highest BCUT2D eigenvalue weighted by Gasteiger charge is 2.47. The maximum atomic E-state index is 2.92. The lowest BCUT2D eigenvalue weighted by Crippen LogP contribution is -2.57. The molecule has 0 unspecified atom stereocenters. The number of benzene rings is 1. The molecule has 28 heavy (non-hydrogen) atoms. The first-order valence-corrected chi connectivity index (χ1v) is 12.0. The van der Waals surface area contributed by atoms with Crippen molar-refractivity contribution in [3.8, 4) is 0 Å². The van der Waals surface area contributed by atoms with Gasteiger partial charge in [0, 0.05) is 11.1 Å². The van der Waals surface area contributed by atoms with E-state index in [2.05, 4.69) is 60.9 Å². The number of likely N-dealkylation sites (tertiary alicyclic amines) is 2. The normalized spacial score (nSPS) is 26.4. The summed E-state index contributed by atoms with van der Waals surface area (Å²) in [5.41, 5.74) is 2.94. The fourth-order valence-electron chi connectivity index (χ4n) is 6.35. The van der Waals surface area contributed by atoms with Crippen molar-refractivity contribution in [1.29, 1.82) is 0 Å². The Morgan fingerprint density at radius 1 is 0.750 bits per heavy atom. The van der Waals surface area contributed by atoms with E-state index in [0.717, 1.165) is 0 Å². The first kappa shape index (κ1) is 20.4. The zero-order chi connectivity index (χ0) is 19.7. The summed E-state index contributed by atoms with van der Waals surface area (Å²) in [4.78, 5) is 5.63. The molecular weight excluding hydrogens is 340 g/mol. The Morgan fingerprint density at radius 3 is 1.93 bits per heavy atom. The molecule has 1 aliphatic carbocycles. The molecule has 1 saturated carbocycles. The van der Waals surface area contributed by atoms with E-state index < -0.39 is 0 Å². The topological polar surface area (TPSA) is 6.48 Å². The maximum absolute atomic E-state index is 2.92. The Balaban J connectivity index is 1.46. The number of nitrogens with zero attached hydrogens (tertiary/aromatic N) is 2. The lowest BCUT2D eigenvalue weighted by Gasteiger charge is -2.55. The second-order valence-corrected chi connectivity index (χ2v) is 11.1. The van der Waals surface area contributed by atoms with Gasteiger partial charge in [-0.2, -0.15) is 0 Å². The number of rotatable bonds is 3. The van der Waals surface area contributed by atoms with Crippen LogP contribution in [-0.2, 0) is 6.42 Å². The van der Waals surface area contributed by atoms with E-state index in [1.165, 1.54) is 90.4 Å². The van der Waals surface area contributed by atoms with E-state index in [0.29, 0.717) is 16.5 Å². The molecule has 0 bridgehead atoms. The number of piperidine rings is 2. The average Bonchev–Trinajstić information content (AvgIpc) is 2.71. The first-order valence-electron chi connectivity index (χ1n) is 12.0. The van der Waals surface area contributed by atoms with E-state index in [1.807, 2.05) is 0 Å². The molecule has 3 fully saturated rings. The molecule has 0 aromatic heterocycles. The van der Waals surface area contributed by atoms with Crippen LogP contribution >= 0.6 is 0 Å². The minimum absolute atomic E-state index is 0.334. The van der Waals surface area contributed by atoms with Crippen molar-refractivity contribution in [2.75, 3.05) is 26.2 Å². The molecule has 1 spiro atoms. The van der Waals surface area contributed by atoms with Gasteiger partial charge in [-0.3, -0.25) is 9.80 Å². The molecule has 0 atom stereocenters. The van der Waals surface area contributed by atoms with Crippen LogP contribution in [-0.4, -0.2) is 47.1 Å². The van der Waals surface area contributed by atoms with Crippen LogP contribution in [0.25, 0.3) is 0 Å². The molecule has 0 radical (unpaired) electrons. The van der Waals surface area contributed by atoms with Crippen LogP contribution < -0.4 is 0 Å². The first-order chi connectivity index (χ1) is 13.4.